The molecule has 1 amide bonds. The SMILES string of the molecule is COC(=O)C(c1ccccc1)N(C)C(=O)OC(C)(C)C. The molecular weight excluding hydrogens is 258 g/mol. The van der Waals surface area contributed by atoms with Gasteiger partial charge in [-0.15, -0.1) is 0 Å². The monoisotopic (exact) mass is 279 g/mol. The highest BCUT2D eigenvalue weighted by atomic mass is 16.6. The Morgan fingerprint density at radius 1 is 1.15 bits per heavy atom. The van der Waals surface area contributed by atoms with Crippen molar-refractivity contribution in [3.8, 4) is 0 Å². The summed E-state index contributed by atoms with van der Waals surface area (Å²) >= 11 is 0. The number of carbonyl (C=O) groups is 2. The van der Waals surface area contributed by atoms with E-state index in [4.69, 9.17) is 9.47 Å². The van der Waals surface area contributed by atoms with Crippen molar-refractivity contribution in [3.63, 3.8) is 0 Å². The number of methoxy groups -OCH3 is 1. The second-order valence-corrected chi connectivity index (χ2v) is 5.43. The van der Waals surface area contributed by atoms with E-state index >= 15 is 0 Å². The molecule has 0 bridgehead atoms. The van der Waals surface area contributed by atoms with Gasteiger partial charge < -0.3 is 9.47 Å². The molecule has 110 valence electrons. The van der Waals surface area contributed by atoms with Gasteiger partial charge in [-0.2, -0.15) is 0 Å². The Morgan fingerprint density at radius 3 is 2.15 bits per heavy atom. The van der Waals surface area contributed by atoms with Gasteiger partial charge in [0.25, 0.3) is 0 Å². The number of amides is 1. The van der Waals surface area contributed by atoms with Crippen LogP contribution in [-0.2, 0) is 14.3 Å². The number of hydrogen-bond acceptors (Lipinski definition) is 4. The van der Waals surface area contributed by atoms with E-state index in [0.717, 1.165) is 0 Å². The number of rotatable bonds is 3. The van der Waals surface area contributed by atoms with Gasteiger partial charge in [0, 0.05) is 7.05 Å². The zero-order valence-corrected chi connectivity index (χ0v) is 12.5. The molecule has 1 unspecified atom stereocenters. The zero-order valence-electron chi connectivity index (χ0n) is 12.5. The fourth-order valence-electron chi connectivity index (χ4n) is 1.70. The van der Waals surface area contributed by atoms with Crippen molar-refractivity contribution in [2.45, 2.75) is 32.4 Å². The molecule has 1 aromatic carbocycles. The summed E-state index contributed by atoms with van der Waals surface area (Å²) in [5, 5.41) is 0. The normalized spacial score (nSPS) is 12.4. The standard InChI is InChI=1S/C15H21NO4/c1-15(2,3)20-14(18)16(4)12(13(17)19-5)11-9-7-6-8-10-11/h6-10,12H,1-5H3. The average Bonchev–Trinajstić information content (AvgIpc) is 2.37. The lowest BCUT2D eigenvalue weighted by molar-refractivity contribution is -0.146. The third kappa shape index (κ3) is 4.26. The Balaban J connectivity index is 3.00. The van der Waals surface area contributed by atoms with Crippen LogP contribution in [0.4, 0.5) is 4.79 Å². The lowest BCUT2D eigenvalue weighted by atomic mass is 10.1. The topological polar surface area (TPSA) is 55.8 Å². The van der Waals surface area contributed by atoms with Gasteiger partial charge in [0.2, 0.25) is 0 Å². The summed E-state index contributed by atoms with van der Waals surface area (Å²) in [5.74, 6) is -0.510. The fraction of sp³-hybridized carbons (Fsp3) is 0.467. The minimum atomic E-state index is -0.823. The van der Waals surface area contributed by atoms with Crippen LogP contribution < -0.4 is 0 Å². The van der Waals surface area contributed by atoms with Gasteiger partial charge >= 0.3 is 12.1 Å². The molecule has 1 aromatic rings. The van der Waals surface area contributed by atoms with Crippen molar-refractivity contribution in [1.29, 1.82) is 0 Å². The maximum absolute atomic E-state index is 12.1. The van der Waals surface area contributed by atoms with Crippen molar-refractivity contribution < 1.29 is 19.1 Å². The molecule has 0 radical (unpaired) electrons. The number of carbonyl (C=O) groups excluding carboxylic acids is 2. The molecule has 0 saturated carbocycles. The highest BCUT2D eigenvalue weighted by Crippen LogP contribution is 2.23. The van der Waals surface area contributed by atoms with Gasteiger partial charge in [-0.1, -0.05) is 30.3 Å². The lowest BCUT2D eigenvalue weighted by Gasteiger charge is -2.29. The van der Waals surface area contributed by atoms with E-state index in [1.54, 1.807) is 45.0 Å². The van der Waals surface area contributed by atoms with Crippen LogP contribution in [0.5, 0.6) is 0 Å². The Bertz CT molecular complexity index is 465. The molecular formula is C15H21NO4. The predicted molar refractivity (Wildman–Crippen MR) is 75.2 cm³/mol. The van der Waals surface area contributed by atoms with Crippen LogP contribution in [0.2, 0.25) is 0 Å². The molecule has 0 aliphatic rings. The first kappa shape index (κ1) is 16.0. The van der Waals surface area contributed by atoms with Crippen LogP contribution in [0.15, 0.2) is 30.3 Å². The molecule has 0 aromatic heterocycles. The number of ether oxygens (including phenoxy) is 2. The van der Waals surface area contributed by atoms with Gasteiger partial charge in [-0.05, 0) is 26.3 Å². The first-order chi connectivity index (χ1) is 9.26. The van der Waals surface area contributed by atoms with Crippen molar-refractivity contribution in [2.24, 2.45) is 0 Å². The molecule has 0 saturated heterocycles. The molecule has 0 aliphatic carbocycles. The summed E-state index contributed by atoms with van der Waals surface area (Å²) in [6, 6.07) is 8.15. The Hall–Kier alpha value is -2.04. The van der Waals surface area contributed by atoms with Gasteiger partial charge in [0.1, 0.15) is 5.60 Å². The van der Waals surface area contributed by atoms with E-state index in [1.165, 1.54) is 19.1 Å². The molecule has 20 heavy (non-hydrogen) atoms. The van der Waals surface area contributed by atoms with E-state index in [2.05, 4.69) is 0 Å². The Morgan fingerprint density at radius 2 is 1.70 bits per heavy atom. The number of esters is 1. The summed E-state index contributed by atoms with van der Waals surface area (Å²) in [6.07, 6.45) is -0.572. The van der Waals surface area contributed by atoms with E-state index in [9.17, 15) is 9.59 Å². The van der Waals surface area contributed by atoms with Crippen LogP contribution in [0.25, 0.3) is 0 Å². The highest BCUT2D eigenvalue weighted by molar-refractivity contribution is 5.82. The van der Waals surface area contributed by atoms with Crippen LogP contribution in [-0.4, -0.2) is 36.7 Å². The van der Waals surface area contributed by atoms with E-state index in [0.29, 0.717) is 5.56 Å². The smallest absolute Gasteiger partial charge is 0.411 e. The van der Waals surface area contributed by atoms with Crippen LogP contribution in [0.3, 0.4) is 0 Å². The average molecular weight is 279 g/mol. The largest absolute Gasteiger partial charge is 0.467 e. The van der Waals surface area contributed by atoms with Crippen molar-refractivity contribution >= 4 is 12.1 Å². The summed E-state index contributed by atoms with van der Waals surface area (Å²) in [7, 11) is 2.81. The quantitative estimate of drug-likeness (QED) is 0.798. The molecule has 0 fully saturated rings. The van der Waals surface area contributed by atoms with Gasteiger partial charge in [0.15, 0.2) is 6.04 Å². The van der Waals surface area contributed by atoms with Crippen molar-refractivity contribution in [2.75, 3.05) is 14.2 Å². The summed E-state index contributed by atoms with van der Waals surface area (Å²) in [4.78, 5) is 25.3. The van der Waals surface area contributed by atoms with Crippen LogP contribution in [0.1, 0.15) is 32.4 Å². The maximum Gasteiger partial charge on any atom is 0.411 e. The van der Waals surface area contributed by atoms with Crippen molar-refractivity contribution in [1.82, 2.24) is 4.90 Å². The van der Waals surface area contributed by atoms with E-state index in [-0.39, 0.29) is 0 Å². The number of nitrogens with zero attached hydrogens (tertiary/aromatic N) is 1. The molecule has 5 nitrogen and oxygen atoms in total. The number of benzene rings is 1. The van der Waals surface area contributed by atoms with Crippen LogP contribution in [0, 0.1) is 0 Å². The first-order valence-corrected chi connectivity index (χ1v) is 6.35. The van der Waals surface area contributed by atoms with E-state index in [1.807, 2.05) is 6.07 Å². The number of hydrogen-bond donors (Lipinski definition) is 0. The third-order valence-corrected chi connectivity index (χ3v) is 2.61. The minimum Gasteiger partial charge on any atom is -0.467 e. The fourth-order valence-corrected chi connectivity index (χ4v) is 1.70. The third-order valence-electron chi connectivity index (χ3n) is 2.61. The first-order valence-electron chi connectivity index (χ1n) is 6.35. The lowest BCUT2D eigenvalue weighted by Crippen LogP contribution is -2.40. The Labute approximate surface area is 119 Å². The molecule has 0 spiro atoms. The molecule has 0 N–H and O–H groups in total. The predicted octanol–water partition coefficient (Wildman–Crippen LogP) is 2.77. The summed E-state index contributed by atoms with van der Waals surface area (Å²) < 4.78 is 10.1. The summed E-state index contributed by atoms with van der Waals surface area (Å²) in [6.45, 7) is 5.32. The molecule has 5 heteroatoms. The molecule has 0 heterocycles. The maximum atomic E-state index is 12.1. The van der Waals surface area contributed by atoms with Crippen molar-refractivity contribution in [3.05, 3.63) is 35.9 Å². The Kier molecular flexibility index (Phi) is 5.13. The van der Waals surface area contributed by atoms with Gasteiger partial charge in [-0.3, -0.25) is 4.90 Å². The number of likely N-dealkylation sites (N-methyl/N-ethyl adjacent to an activating group) is 1. The van der Waals surface area contributed by atoms with Gasteiger partial charge in [0.05, 0.1) is 7.11 Å². The summed E-state index contributed by atoms with van der Waals surface area (Å²) in [5.41, 5.74) is 0.0515. The van der Waals surface area contributed by atoms with Crippen LogP contribution >= 0.6 is 0 Å². The molecule has 1 rings (SSSR count). The minimum absolute atomic E-state index is 0.510. The second kappa shape index (κ2) is 6.41. The zero-order chi connectivity index (χ0) is 15.3. The molecule has 1 atom stereocenters. The second-order valence-electron chi connectivity index (χ2n) is 5.43. The van der Waals surface area contributed by atoms with E-state index < -0.39 is 23.7 Å². The highest BCUT2D eigenvalue weighted by Gasteiger charge is 2.32. The molecule has 0 aliphatic heterocycles. The van der Waals surface area contributed by atoms with Gasteiger partial charge in [-0.25, -0.2) is 9.59 Å².